The second-order valence-corrected chi connectivity index (χ2v) is 7.94. The van der Waals surface area contributed by atoms with Crippen LogP contribution in [-0.4, -0.2) is 51.8 Å². The molecule has 0 bridgehead atoms. The molecule has 1 aromatic rings. The van der Waals surface area contributed by atoms with Crippen LogP contribution in [0.1, 0.15) is 6.42 Å². The summed E-state index contributed by atoms with van der Waals surface area (Å²) in [6.07, 6.45) is 0.209. The number of amides is 1. The van der Waals surface area contributed by atoms with E-state index in [0.29, 0.717) is 31.2 Å². The van der Waals surface area contributed by atoms with E-state index in [-0.39, 0.29) is 24.0 Å². The van der Waals surface area contributed by atoms with Gasteiger partial charge in [0.15, 0.2) is 11.5 Å². The number of nitrogens with zero attached hydrogens (tertiary/aromatic N) is 1. The zero-order chi connectivity index (χ0) is 16.2. The lowest BCUT2D eigenvalue weighted by atomic mass is 10.1. The molecule has 1 aliphatic heterocycles. The standard InChI is InChI=1S/C14H18ClNO5S/c1-20-12-4-2-3-5-13(12)21-7-6-16-9-11(8-14(16)17)10-22(15,18)19/h2-5,11H,6-10H2,1H3. The van der Waals surface area contributed by atoms with Gasteiger partial charge in [0.05, 0.1) is 19.4 Å². The molecule has 22 heavy (non-hydrogen) atoms. The van der Waals surface area contributed by atoms with Crippen LogP contribution < -0.4 is 9.47 Å². The Morgan fingerprint density at radius 3 is 2.64 bits per heavy atom. The van der Waals surface area contributed by atoms with Crippen LogP contribution in [-0.2, 0) is 13.8 Å². The first-order valence-corrected chi connectivity index (χ1v) is 9.33. The van der Waals surface area contributed by atoms with E-state index in [2.05, 4.69) is 0 Å². The normalized spacial score (nSPS) is 18.5. The Morgan fingerprint density at radius 1 is 1.32 bits per heavy atom. The largest absolute Gasteiger partial charge is 0.493 e. The number of likely N-dealkylation sites (tertiary alicyclic amines) is 1. The highest BCUT2D eigenvalue weighted by molar-refractivity contribution is 8.13. The van der Waals surface area contributed by atoms with E-state index in [1.807, 2.05) is 12.1 Å². The molecule has 2 rings (SSSR count). The third-order valence-electron chi connectivity index (χ3n) is 3.42. The van der Waals surface area contributed by atoms with E-state index in [1.54, 1.807) is 24.1 Å². The Morgan fingerprint density at radius 2 is 2.00 bits per heavy atom. The maximum absolute atomic E-state index is 11.8. The van der Waals surface area contributed by atoms with Gasteiger partial charge in [0.1, 0.15) is 6.61 Å². The van der Waals surface area contributed by atoms with Crippen molar-refractivity contribution in [2.45, 2.75) is 6.42 Å². The van der Waals surface area contributed by atoms with E-state index in [0.717, 1.165) is 0 Å². The smallest absolute Gasteiger partial charge is 0.232 e. The van der Waals surface area contributed by atoms with Crippen molar-refractivity contribution in [3.8, 4) is 11.5 Å². The second kappa shape index (κ2) is 7.19. The minimum Gasteiger partial charge on any atom is -0.493 e. The number of hydrogen-bond donors (Lipinski definition) is 0. The van der Waals surface area contributed by atoms with Crippen LogP contribution in [0.2, 0.25) is 0 Å². The first kappa shape index (κ1) is 16.9. The molecule has 1 unspecified atom stereocenters. The second-order valence-electron chi connectivity index (χ2n) is 5.11. The van der Waals surface area contributed by atoms with Crippen LogP contribution in [0, 0.1) is 5.92 Å². The number of carbonyl (C=O) groups excluding carboxylic acids is 1. The summed E-state index contributed by atoms with van der Waals surface area (Å²) in [7, 11) is 3.21. The molecule has 1 fully saturated rings. The topological polar surface area (TPSA) is 72.9 Å². The van der Waals surface area contributed by atoms with E-state index in [4.69, 9.17) is 20.2 Å². The summed E-state index contributed by atoms with van der Waals surface area (Å²) < 4.78 is 32.9. The molecule has 122 valence electrons. The molecule has 8 heteroatoms. The maximum atomic E-state index is 11.8. The summed E-state index contributed by atoms with van der Waals surface area (Å²) in [4.78, 5) is 13.4. The number of benzene rings is 1. The summed E-state index contributed by atoms with van der Waals surface area (Å²) in [6, 6.07) is 7.25. The summed E-state index contributed by atoms with van der Waals surface area (Å²) in [5, 5.41) is 0. The van der Waals surface area contributed by atoms with Gasteiger partial charge in [0, 0.05) is 29.6 Å². The monoisotopic (exact) mass is 347 g/mol. The van der Waals surface area contributed by atoms with E-state index in [1.165, 1.54) is 0 Å². The molecule has 1 aliphatic rings. The minimum atomic E-state index is -3.58. The molecule has 1 saturated heterocycles. The van der Waals surface area contributed by atoms with Gasteiger partial charge in [-0.05, 0) is 12.1 Å². The minimum absolute atomic E-state index is 0.0751. The fraction of sp³-hybridized carbons (Fsp3) is 0.500. The molecule has 0 aromatic heterocycles. The number of ether oxygens (including phenoxy) is 2. The summed E-state index contributed by atoms with van der Waals surface area (Å²) in [5.41, 5.74) is 0. The molecule has 0 saturated carbocycles. The zero-order valence-electron chi connectivity index (χ0n) is 12.2. The van der Waals surface area contributed by atoms with Crippen molar-refractivity contribution in [1.82, 2.24) is 4.90 Å². The lowest BCUT2D eigenvalue weighted by molar-refractivity contribution is -0.128. The van der Waals surface area contributed by atoms with Crippen molar-refractivity contribution in [3.63, 3.8) is 0 Å². The fourth-order valence-electron chi connectivity index (χ4n) is 2.47. The van der Waals surface area contributed by atoms with E-state index >= 15 is 0 Å². The highest BCUT2D eigenvalue weighted by Crippen LogP contribution is 2.26. The average molecular weight is 348 g/mol. The van der Waals surface area contributed by atoms with Crippen LogP contribution in [0.4, 0.5) is 0 Å². The van der Waals surface area contributed by atoms with E-state index < -0.39 is 9.05 Å². The van der Waals surface area contributed by atoms with Gasteiger partial charge in [0.25, 0.3) is 0 Å². The first-order valence-electron chi connectivity index (χ1n) is 6.85. The van der Waals surface area contributed by atoms with Crippen LogP contribution in [0.5, 0.6) is 11.5 Å². The highest BCUT2D eigenvalue weighted by atomic mass is 35.7. The highest BCUT2D eigenvalue weighted by Gasteiger charge is 2.32. The Bertz CT molecular complexity index is 634. The lowest BCUT2D eigenvalue weighted by Crippen LogP contribution is -2.30. The number of methoxy groups -OCH3 is 1. The molecule has 0 radical (unpaired) electrons. The third-order valence-corrected chi connectivity index (χ3v) is 4.66. The zero-order valence-corrected chi connectivity index (χ0v) is 13.8. The summed E-state index contributed by atoms with van der Waals surface area (Å²) in [5.74, 6) is 0.734. The van der Waals surface area contributed by atoms with Crippen molar-refractivity contribution < 1.29 is 22.7 Å². The van der Waals surface area contributed by atoms with Crippen molar-refractivity contribution in [2.24, 2.45) is 5.92 Å². The summed E-state index contributed by atoms with van der Waals surface area (Å²) in [6.45, 7) is 1.10. The first-order chi connectivity index (χ1) is 10.4. The Balaban J connectivity index is 1.83. The number of hydrogen-bond acceptors (Lipinski definition) is 5. The van der Waals surface area contributed by atoms with E-state index in [9.17, 15) is 13.2 Å². The molecule has 0 N–H and O–H groups in total. The molecule has 1 amide bonds. The Kier molecular flexibility index (Phi) is 5.52. The van der Waals surface area contributed by atoms with Crippen LogP contribution >= 0.6 is 10.7 Å². The third kappa shape index (κ3) is 4.78. The van der Waals surface area contributed by atoms with Gasteiger partial charge >= 0.3 is 0 Å². The molecular formula is C14H18ClNO5S. The van der Waals surface area contributed by atoms with Gasteiger partial charge in [-0.2, -0.15) is 0 Å². The quantitative estimate of drug-likeness (QED) is 0.699. The van der Waals surface area contributed by atoms with Crippen LogP contribution in [0.3, 0.4) is 0 Å². The molecular weight excluding hydrogens is 330 g/mol. The Labute approximate surface area is 134 Å². The molecule has 0 spiro atoms. The van der Waals surface area contributed by atoms with Gasteiger partial charge < -0.3 is 14.4 Å². The number of carbonyl (C=O) groups is 1. The fourth-order valence-corrected chi connectivity index (χ4v) is 3.79. The van der Waals surface area contributed by atoms with Crippen molar-refractivity contribution in [3.05, 3.63) is 24.3 Å². The van der Waals surface area contributed by atoms with Gasteiger partial charge in [-0.15, -0.1) is 0 Å². The number of rotatable bonds is 7. The number of para-hydroxylation sites is 2. The van der Waals surface area contributed by atoms with Crippen LogP contribution in [0.15, 0.2) is 24.3 Å². The SMILES string of the molecule is COc1ccccc1OCCN1CC(CS(=O)(=O)Cl)CC1=O. The van der Waals surface area contributed by atoms with Crippen molar-refractivity contribution in [2.75, 3.05) is 32.6 Å². The summed E-state index contributed by atoms with van der Waals surface area (Å²) >= 11 is 0. The van der Waals surface area contributed by atoms with Crippen molar-refractivity contribution in [1.29, 1.82) is 0 Å². The molecule has 1 aromatic carbocycles. The molecule has 1 atom stereocenters. The van der Waals surface area contributed by atoms with Gasteiger partial charge in [-0.25, -0.2) is 8.42 Å². The van der Waals surface area contributed by atoms with Crippen molar-refractivity contribution >= 4 is 25.6 Å². The Hall–Kier alpha value is -1.47. The van der Waals surface area contributed by atoms with Gasteiger partial charge in [-0.1, -0.05) is 12.1 Å². The molecule has 1 heterocycles. The molecule has 6 nitrogen and oxygen atoms in total. The number of halogens is 1. The lowest BCUT2D eigenvalue weighted by Gasteiger charge is -2.17. The van der Waals surface area contributed by atoms with Gasteiger partial charge in [0.2, 0.25) is 15.0 Å². The maximum Gasteiger partial charge on any atom is 0.232 e. The van der Waals surface area contributed by atoms with Gasteiger partial charge in [-0.3, -0.25) is 4.79 Å². The average Bonchev–Trinajstić information content (AvgIpc) is 2.77. The predicted molar refractivity (Wildman–Crippen MR) is 82.8 cm³/mol. The predicted octanol–water partition coefficient (Wildman–Crippen LogP) is 1.49. The van der Waals surface area contributed by atoms with Crippen LogP contribution in [0.25, 0.3) is 0 Å². The molecule has 0 aliphatic carbocycles.